The van der Waals surface area contributed by atoms with Crippen LogP contribution in [0.5, 0.6) is 0 Å². The number of hydrogen-bond donors (Lipinski definition) is 3. The summed E-state index contributed by atoms with van der Waals surface area (Å²) < 4.78 is 0. The number of piperidine rings is 1. The Labute approximate surface area is 106 Å². The fourth-order valence-corrected chi connectivity index (χ4v) is 1.88. The van der Waals surface area contributed by atoms with Gasteiger partial charge in [0.15, 0.2) is 0 Å². The number of amides is 1. The van der Waals surface area contributed by atoms with Crippen molar-refractivity contribution in [3.63, 3.8) is 0 Å². The summed E-state index contributed by atoms with van der Waals surface area (Å²) in [7, 11) is 0. The van der Waals surface area contributed by atoms with E-state index in [-0.39, 0.29) is 17.9 Å². The third kappa shape index (κ3) is 3.09. The second kappa shape index (κ2) is 5.20. The molecular formula is C12H19N5O. The minimum absolute atomic E-state index is 0.109. The molecule has 0 saturated carbocycles. The Morgan fingerprint density at radius 2 is 2.28 bits per heavy atom. The molecule has 98 valence electrons. The molecule has 0 spiro atoms. The van der Waals surface area contributed by atoms with Gasteiger partial charge in [-0.25, -0.2) is 9.97 Å². The fraction of sp³-hybridized carbons (Fsp3) is 0.583. The maximum absolute atomic E-state index is 11.1. The van der Waals surface area contributed by atoms with Gasteiger partial charge >= 0.3 is 0 Å². The predicted molar refractivity (Wildman–Crippen MR) is 70.2 cm³/mol. The molecule has 0 radical (unpaired) electrons. The zero-order valence-electron chi connectivity index (χ0n) is 10.7. The average Bonchev–Trinajstić information content (AvgIpc) is 2.31. The fourth-order valence-electron chi connectivity index (χ4n) is 1.88. The number of carbonyl (C=O) groups excluding carboxylic acids is 1. The normalized spacial score (nSPS) is 19.7. The Kier molecular flexibility index (Phi) is 3.64. The monoisotopic (exact) mass is 249 g/mol. The molecule has 1 fully saturated rings. The van der Waals surface area contributed by atoms with Crippen molar-refractivity contribution in [1.82, 2.24) is 15.3 Å². The molecule has 18 heavy (non-hydrogen) atoms. The highest BCUT2D eigenvalue weighted by Crippen LogP contribution is 2.17. The van der Waals surface area contributed by atoms with Crippen molar-refractivity contribution in [3.8, 4) is 0 Å². The largest absolute Gasteiger partial charge is 0.384 e. The Hall–Kier alpha value is -1.85. The minimum Gasteiger partial charge on any atom is -0.384 e. The van der Waals surface area contributed by atoms with E-state index in [9.17, 15) is 4.79 Å². The molecule has 0 bridgehead atoms. The summed E-state index contributed by atoms with van der Waals surface area (Å²) in [5.41, 5.74) is 5.76. The van der Waals surface area contributed by atoms with Gasteiger partial charge in [-0.3, -0.25) is 4.79 Å². The molecule has 1 amide bonds. The maximum atomic E-state index is 11.1. The highest BCUT2D eigenvalue weighted by atomic mass is 16.1. The van der Waals surface area contributed by atoms with Crippen LogP contribution in [-0.2, 0) is 4.79 Å². The van der Waals surface area contributed by atoms with Crippen molar-refractivity contribution in [1.29, 1.82) is 0 Å². The number of aromatic nitrogens is 2. The molecule has 1 saturated heterocycles. The second-order valence-electron chi connectivity index (χ2n) is 4.87. The summed E-state index contributed by atoms with van der Waals surface area (Å²) in [6.45, 7) is 4.68. The number of nitrogens with zero attached hydrogens (tertiary/aromatic N) is 2. The van der Waals surface area contributed by atoms with Crippen LogP contribution < -0.4 is 16.4 Å². The molecule has 6 heteroatoms. The van der Waals surface area contributed by atoms with Crippen molar-refractivity contribution in [2.75, 3.05) is 17.6 Å². The van der Waals surface area contributed by atoms with Crippen LogP contribution in [0, 0.1) is 0 Å². The van der Waals surface area contributed by atoms with Gasteiger partial charge in [-0.1, -0.05) is 13.8 Å². The van der Waals surface area contributed by atoms with E-state index in [4.69, 9.17) is 5.73 Å². The first-order chi connectivity index (χ1) is 8.54. The lowest BCUT2D eigenvalue weighted by molar-refractivity contribution is -0.122. The summed E-state index contributed by atoms with van der Waals surface area (Å²) in [5.74, 6) is 2.28. The molecule has 4 N–H and O–H groups in total. The topological polar surface area (TPSA) is 92.9 Å². The van der Waals surface area contributed by atoms with Gasteiger partial charge in [-0.2, -0.15) is 0 Å². The van der Waals surface area contributed by atoms with E-state index in [0.717, 1.165) is 18.1 Å². The van der Waals surface area contributed by atoms with E-state index in [1.165, 1.54) is 0 Å². The van der Waals surface area contributed by atoms with E-state index in [1.807, 2.05) is 13.8 Å². The zero-order chi connectivity index (χ0) is 13.1. The van der Waals surface area contributed by atoms with Gasteiger partial charge in [-0.15, -0.1) is 0 Å². The number of nitrogen functional groups attached to an aromatic ring is 1. The van der Waals surface area contributed by atoms with E-state index in [1.54, 1.807) is 6.07 Å². The first-order valence-corrected chi connectivity index (χ1v) is 6.22. The van der Waals surface area contributed by atoms with Crippen LogP contribution in [-0.4, -0.2) is 28.5 Å². The van der Waals surface area contributed by atoms with Crippen LogP contribution in [0.25, 0.3) is 0 Å². The molecule has 0 aliphatic carbocycles. The van der Waals surface area contributed by atoms with Crippen molar-refractivity contribution in [2.24, 2.45) is 0 Å². The lowest BCUT2D eigenvalue weighted by atomic mass is 10.1. The third-order valence-corrected chi connectivity index (χ3v) is 2.90. The first kappa shape index (κ1) is 12.6. The van der Waals surface area contributed by atoms with Gasteiger partial charge in [0, 0.05) is 31.0 Å². The molecule has 2 rings (SSSR count). The summed E-state index contributed by atoms with van der Waals surface area (Å²) in [6, 6.07) is 1.93. The lowest BCUT2D eigenvalue weighted by Gasteiger charge is -2.24. The molecule has 0 aromatic carbocycles. The number of nitrogens with one attached hydrogen (secondary N) is 2. The van der Waals surface area contributed by atoms with Crippen molar-refractivity contribution in [2.45, 2.75) is 38.6 Å². The van der Waals surface area contributed by atoms with E-state index >= 15 is 0 Å². The number of hydrogen-bond acceptors (Lipinski definition) is 5. The van der Waals surface area contributed by atoms with E-state index in [2.05, 4.69) is 20.6 Å². The Morgan fingerprint density at radius 3 is 2.89 bits per heavy atom. The van der Waals surface area contributed by atoms with Crippen molar-refractivity contribution < 1.29 is 4.79 Å². The molecule has 2 heterocycles. The molecule has 6 nitrogen and oxygen atoms in total. The van der Waals surface area contributed by atoms with Gasteiger partial charge in [0.1, 0.15) is 17.5 Å². The maximum Gasteiger partial charge on any atom is 0.220 e. The SMILES string of the molecule is CC(C)c1nc(N)cc(NC2CCC(=O)NC2)n1. The highest BCUT2D eigenvalue weighted by molar-refractivity contribution is 5.77. The van der Waals surface area contributed by atoms with Gasteiger partial charge in [0.25, 0.3) is 0 Å². The molecular weight excluding hydrogens is 230 g/mol. The smallest absolute Gasteiger partial charge is 0.220 e. The van der Waals surface area contributed by atoms with Gasteiger partial charge < -0.3 is 16.4 Å². The van der Waals surface area contributed by atoms with Gasteiger partial charge in [-0.05, 0) is 6.42 Å². The van der Waals surface area contributed by atoms with Crippen molar-refractivity contribution in [3.05, 3.63) is 11.9 Å². The number of rotatable bonds is 3. The third-order valence-electron chi connectivity index (χ3n) is 2.90. The second-order valence-corrected chi connectivity index (χ2v) is 4.87. The molecule has 1 aromatic rings. The predicted octanol–water partition coefficient (Wildman–Crippen LogP) is 0.873. The zero-order valence-corrected chi connectivity index (χ0v) is 10.7. The summed E-state index contributed by atoms with van der Waals surface area (Å²) in [5, 5.41) is 6.12. The Balaban J connectivity index is 2.06. The molecule has 1 unspecified atom stereocenters. The quantitative estimate of drug-likeness (QED) is 0.739. The van der Waals surface area contributed by atoms with Gasteiger partial charge in [0.05, 0.1) is 0 Å². The standard InChI is InChI=1S/C12H19N5O/c1-7(2)12-16-9(13)5-10(17-12)15-8-3-4-11(18)14-6-8/h5,7-8H,3-4,6H2,1-2H3,(H,14,18)(H3,13,15,16,17). The number of anilines is 2. The lowest BCUT2D eigenvalue weighted by Crippen LogP contribution is -2.42. The number of nitrogens with two attached hydrogens (primary N) is 1. The Bertz CT molecular complexity index is 436. The van der Waals surface area contributed by atoms with Crippen LogP contribution in [0.3, 0.4) is 0 Å². The summed E-state index contributed by atoms with van der Waals surface area (Å²) in [6.07, 6.45) is 1.36. The summed E-state index contributed by atoms with van der Waals surface area (Å²) >= 11 is 0. The van der Waals surface area contributed by atoms with Crippen LogP contribution in [0.1, 0.15) is 38.4 Å². The Morgan fingerprint density at radius 1 is 1.50 bits per heavy atom. The molecule has 1 atom stereocenters. The van der Waals surface area contributed by atoms with Crippen LogP contribution in [0.15, 0.2) is 6.07 Å². The summed E-state index contributed by atoms with van der Waals surface area (Å²) in [4.78, 5) is 19.7. The average molecular weight is 249 g/mol. The van der Waals surface area contributed by atoms with Gasteiger partial charge in [0.2, 0.25) is 5.91 Å². The van der Waals surface area contributed by atoms with Crippen LogP contribution in [0.2, 0.25) is 0 Å². The van der Waals surface area contributed by atoms with Crippen LogP contribution in [0.4, 0.5) is 11.6 Å². The highest BCUT2D eigenvalue weighted by Gasteiger charge is 2.18. The first-order valence-electron chi connectivity index (χ1n) is 6.22. The van der Waals surface area contributed by atoms with E-state index in [0.29, 0.717) is 18.8 Å². The number of carbonyl (C=O) groups is 1. The van der Waals surface area contributed by atoms with Crippen molar-refractivity contribution >= 4 is 17.5 Å². The molecule has 1 aliphatic heterocycles. The van der Waals surface area contributed by atoms with Crippen LogP contribution >= 0.6 is 0 Å². The minimum atomic E-state index is 0.109. The molecule has 1 aromatic heterocycles. The van der Waals surface area contributed by atoms with E-state index < -0.39 is 0 Å². The molecule has 1 aliphatic rings.